The topological polar surface area (TPSA) is 254 Å². The average molecular weight is 346 g/mol. The van der Waals surface area contributed by atoms with Crippen molar-refractivity contribution in [1.29, 1.82) is 0 Å². The Kier molecular flexibility index (Phi) is 31.8. The smallest absolute Gasteiger partial charge is 0.317 e. The molecular formula is C10H26N4O9. The van der Waals surface area contributed by atoms with Gasteiger partial charge in [-0.25, -0.2) is 0 Å². The summed E-state index contributed by atoms with van der Waals surface area (Å²) in [4.78, 5) is 29.0. The first-order chi connectivity index (χ1) is 10.7. The Labute approximate surface area is 132 Å². The summed E-state index contributed by atoms with van der Waals surface area (Å²) < 4.78 is 0. The van der Waals surface area contributed by atoms with Crippen LogP contribution in [0.3, 0.4) is 0 Å². The molecule has 0 rings (SSSR count). The fourth-order valence-corrected chi connectivity index (χ4v) is 0.328. The standard InChI is InChI=1S/C4H11NO3.3C2H5NO2/c6-2-1-5(3-7)4-8;3*3-1-2(4)5/h6-8H,1-4H2;3*1,3H2,(H,4,5). The number of aliphatic carboxylic acids is 3. The molecule has 13 heteroatoms. The molecule has 0 aliphatic rings. The van der Waals surface area contributed by atoms with Crippen molar-refractivity contribution >= 4 is 17.9 Å². The summed E-state index contributed by atoms with van der Waals surface area (Å²) >= 11 is 0. The normalized spacial score (nSPS) is 8.48. The van der Waals surface area contributed by atoms with Crippen LogP contribution in [-0.2, 0) is 14.4 Å². The van der Waals surface area contributed by atoms with E-state index in [4.69, 9.17) is 30.6 Å². The Morgan fingerprint density at radius 3 is 0.957 bits per heavy atom. The van der Waals surface area contributed by atoms with Gasteiger partial charge < -0.3 is 47.8 Å². The number of nitrogens with two attached hydrogens (primary N) is 3. The molecule has 0 amide bonds. The maximum Gasteiger partial charge on any atom is 0.317 e. The molecule has 0 aliphatic heterocycles. The molecular weight excluding hydrogens is 320 g/mol. The maximum absolute atomic E-state index is 9.24. The summed E-state index contributed by atoms with van der Waals surface area (Å²) in [5, 5.41) is 47.7. The summed E-state index contributed by atoms with van der Waals surface area (Å²) in [7, 11) is 0. The molecule has 0 saturated heterocycles. The lowest BCUT2D eigenvalue weighted by Gasteiger charge is -2.12. The molecule has 23 heavy (non-hydrogen) atoms. The van der Waals surface area contributed by atoms with Gasteiger partial charge in [0, 0.05) is 6.54 Å². The number of aliphatic hydroxyl groups is 3. The van der Waals surface area contributed by atoms with Crippen LogP contribution >= 0.6 is 0 Å². The van der Waals surface area contributed by atoms with Gasteiger partial charge in [-0.3, -0.25) is 19.3 Å². The highest BCUT2D eigenvalue weighted by Gasteiger charge is 1.96. The maximum atomic E-state index is 9.24. The zero-order valence-electron chi connectivity index (χ0n) is 12.5. The van der Waals surface area contributed by atoms with Crippen LogP contribution in [0.2, 0.25) is 0 Å². The van der Waals surface area contributed by atoms with Crippen molar-refractivity contribution < 1.29 is 45.0 Å². The number of aliphatic hydroxyl groups excluding tert-OH is 3. The van der Waals surface area contributed by atoms with Crippen molar-refractivity contribution in [3.63, 3.8) is 0 Å². The summed E-state index contributed by atoms with van der Waals surface area (Å²) in [5.41, 5.74) is 13.7. The van der Waals surface area contributed by atoms with Gasteiger partial charge in [-0.15, -0.1) is 0 Å². The van der Waals surface area contributed by atoms with Crippen molar-refractivity contribution in [2.24, 2.45) is 17.2 Å². The summed E-state index contributed by atoms with van der Waals surface area (Å²) in [6.07, 6.45) is 0. The van der Waals surface area contributed by atoms with Gasteiger partial charge in [0.2, 0.25) is 0 Å². The third-order valence-electron chi connectivity index (χ3n) is 1.34. The van der Waals surface area contributed by atoms with Crippen LogP contribution in [0.25, 0.3) is 0 Å². The number of carbonyl (C=O) groups is 3. The first-order valence-electron chi connectivity index (χ1n) is 5.97. The largest absolute Gasteiger partial charge is 0.480 e. The summed E-state index contributed by atoms with van der Waals surface area (Å²) in [5.74, 6) is -2.90. The van der Waals surface area contributed by atoms with E-state index in [1.54, 1.807) is 0 Å². The highest BCUT2D eigenvalue weighted by Crippen LogP contribution is 1.78. The second kappa shape index (κ2) is 25.1. The molecule has 0 heterocycles. The lowest BCUT2D eigenvalue weighted by Crippen LogP contribution is -2.28. The molecule has 0 saturated carbocycles. The van der Waals surface area contributed by atoms with E-state index in [2.05, 4.69) is 17.2 Å². The Morgan fingerprint density at radius 2 is 0.913 bits per heavy atom. The van der Waals surface area contributed by atoms with E-state index in [0.29, 0.717) is 6.54 Å². The number of carboxylic acid groups (broad SMARTS) is 3. The Morgan fingerprint density at radius 1 is 0.696 bits per heavy atom. The molecule has 0 radical (unpaired) electrons. The average Bonchev–Trinajstić information content (AvgIpc) is 2.54. The Hall–Kier alpha value is -1.87. The van der Waals surface area contributed by atoms with Crippen LogP contribution in [0.5, 0.6) is 0 Å². The third kappa shape index (κ3) is 53.4. The van der Waals surface area contributed by atoms with E-state index in [9.17, 15) is 14.4 Å². The van der Waals surface area contributed by atoms with Crippen LogP contribution < -0.4 is 17.2 Å². The molecule has 0 atom stereocenters. The van der Waals surface area contributed by atoms with E-state index in [-0.39, 0.29) is 39.7 Å². The highest BCUT2D eigenvalue weighted by molar-refractivity contribution is 5.69. The molecule has 12 N–H and O–H groups in total. The molecule has 0 aromatic carbocycles. The van der Waals surface area contributed by atoms with Gasteiger partial charge in [-0.05, 0) is 0 Å². The summed E-state index contributed by atoms with van der Waals surface area (Å²) in [6.45, 7) is -0.984. The van der Waals surface area contributed by atoms with Crippen LogP contribution in [0, 0.1) is 0 Å². The lowest BCUT2D eigenvalue weighted by atomic mass is 10.6. The molecule has 140 valence electrons. The second-order valence-electron chi connectivity index (χ2n) is 3.19. The van der Waals surface area contributed by atoms with Crippen molar-refractivity contribution in [2.75, 3.05) is 46.2 Å². The van der Waals surface area contributed by atoms with E-state index in [1.165, 1.54) is 4.90 Å². The number of hydrogen-bond donors (Lipinski definition) is 9. The molecule has 0 bridgehead atoms. The van der Waals surface area contributed by atoms with Crippen molar-refractivity contribution in [3.05, 3.63) is 0 Å². The zero-order valence-corrected chi connectivity index (χ0v) is 12.5. The minimum atomic E-state index is -0.968. The molecule has 0 spiro atoms. The minimum absolute atomic E-state index is 0.0406. The summed E-state index contributed by atoms with van der Waals surface area (Å²) in [6, 6.07) is 0. The van der Waals surface area contributed by atoms with Gasteiger partial charge in [0.05, 0.1) is 39.7 Å². The number of nitrogens with zero attached hydrogens (tertiary/aromatic N) is 1. The number of carboxylic acids is 3. The van der Waals surface area contributed by atoms with Crippen LogP contribution in [0.4, 0.5) is 0 Å². The van der Waals surface area contributed by atoms with Crippen LogP contribution in [0.15, 0.2) is 0 Å². The SMILES string of the molecule is NCC(=O)O.NCC(=O)O.NCC(=O)O.OCCN(CO)CO. The monoisotopic (exact) mass is 346 g/mol. The van der Waals surface area contributed by atoms with E-state index in [0.717, 1.165) is 0 Å². The molecule has 0 unspecified atom stereocenters. The minimum Gasteiger partial charge on any atom is -0.480 e. The lowest BCUT2D eigenvalue weighted by molar-refractivity contribution is -0.136. The first kappa shape index (κ1) is 29.2. The van der Waals surface area contributed by atoms with Gasteiger partial charge in [-0.2, -0.15) is 0 Å². The van der Waals surface area contributed by atoms with Crippen LogP contribution in [-0.4, -0.2) is 99.7 Å². The second-order valence-corrected chi connectivity index (χ2v) is 3.19. The fourth-order valence-electron chi connectivity index (χ4n) is 0.328. The fraction of sp³-hybridized carbons (Fsp3) is 0.700. The van der Waals surface area contributed by atoms with Gasteiger partial charge in [0.25, 0.3) is 0 Å². The predicted octanol–water partition coefficient (Wildman–Crippen LogP) is -4.73. The van der Waals surface area contributed by atoms with Gasteiger partial charge in [-0.1, -0.05) is 0 Å². The molecule has 13 nitrogen and oxygen atoms in total. The molecule has 0 aromatic heterocycles. The molecule has 0 aliphatic carbocycles. The van der Waals surface area contributed by atoms with E-state index < -0.39 is 17.9 Å². The van der Waals surface area contributed by atoms with E-state index >= 15 is 0 Å². The number of rotatable bonds is 7. The quantitative estimate of drug-likeness (QED) is 0.196. The molecule has 0 aromatic rings. The predicted molar refractivity (Wildman–Crippen MR) is 78.0 cm³/mol. The third-order valence-corrected chi connectivity index (χ3v) is 1.34. The van der Waals surface area contributed by atoms with Gasteiger partial charge in [0.1, 0.15) is 0 Å². The first-order valence-corrected chi connectivity index (χ1v) is 5.97. The zero-order chi connectivity index (χ0) is 19.3. The van der Waals surface area contributed by atoms with E-state index in [1.807, 2.05) is 0 Å². The van der Waals surface area contributed by atoms with Gasteiger partial charge in [0.15, 0.2) is 0 Å². The van der Waals surface area contributed by atoms with Crippen molar-refractivity contribution in [3.8, 4) is 0 Å². The Bertz CT molecular complexity index is 254. The van der Waals surface area contributed by atoms with Crippen molar-refractivity contribution in [1.82, 2.24) is 4.90 Å². The highest BCUT2D eigenvalue weighted by atomic mass is 16.4. The number of hydrogen-bond acceptors (Lipinski definition) is 10. The molecule has 0 fully saturated rings. The van der Waals surface area contributed by atoms with Crippen LogP contribution in [0.1, 0.15) is 0 Å². The van der Waals surface area contributed by atoms with Gasteiger partial charge >= 0.3 is 17.9 Å². The Balaban J connectivity index is -0.000000108. The van der Waals surface area contributed by atoms with Crippen molar-refractivity contribution in [2.45, 2.75) is 0 Å².